The molecule has 0 spiro atoms. The van der Waals surface area contributed by atoms with Crippen molar-refractivity contribution in [3.8, 4) is 0 Å². The second-order valence-corrected chi connectivity index (χ2v) is 4.43. The summed E-state index contributed by atoms with van der Waals surface area (Å²) in [6, 6.07) is 15.8. The third-order valence-corrected chi connectivity index (χ3v) is 3.18. The lowest BCUT2D eigenvalue weighted by Gasteiger charge is -2.08. The molecule has 0 unspecified atom stereocenters. The number of nitrogens with zero attached hydrogens (tertiary/aromatic N) is 1. The van der Waals surface area contributed by atoms with E-state index in [-0.39, 0.29) is 17.9 Å². The fraction of sp³-hybridized carbons (Fsp3) is 0.0625. The van der Waals surface area contributed by atoms with Crippen LogP contribution >= 0.6 is 0 Å². The van der Waals surface area contributed by atoms with Gasteiger partial charge in [0.15, 0.2) is 0 Å². The molecule has 0 aliphatic carbocycles. The monoisotopic (exact) mass is 253 g/mol. The second kappa shape index (κ2) is 4.69. The molecule has 1 heterocycles. The quantitative estimate of drug-likeness (QED) is 0.687. The van der Waals surface area contributed by atoms with Gasteiger partial charge in [0, 0.05) is 17.1 Å². The lowest BCUT2D eigenvalue weighted by Crippen LogP contribution is -2.20. The highest BCUT2D eigenvalue weighted by molar-refractivity contribution is 5.81. The highest BCUT2D eigenvalue weighted by atomic mass is 19.1. The van der Waals surface area contributed by atoms with E-state index in [4.69, 9.17) is 0 Å². The van der Waals surface area contributed by atoms with E-state index in [1.165, 1.54) is 10.6 Å². The molecule has 0 saturated heterocycles. The van der Waals surface area contributed by atoms with Crippen molar-refractivity contribution in [1.82, 2.24) is 4.57 Å². The van der Waals surface area contributed by atoms with Gasteiger partial charge >= 0.3 is 0 Å². The average Bonchev–Trinajstić information content (AvgIpc) is 2.44. The summed E-state index contributed by atoms with van der Waals surface area (Å²) in [5.74, 6) is -0.289. The van der Waals surface area contributed by atoms with Gasteiger partial charge < -0.3 is 4.57 Å². The van der Waals surface area contributed by atoms with Gasteiger partial charge in [0.1, 0.15) is 5.82 Å². The van der Waals surface area contributed by atoms with Gasteiger partial charge in [0.05, 0.1) is 6.54 Å². The van der Waals surface area contributed by atoms with E-state index in [2.05, 4.69) is 0 Å². The first-order chi connectivity index (χ1) is 9.25. The molecular formula is C16H12FNO. The summed E-state index contributed by atoms with van der Waals surface area (Å²) < 4.78 is 15.1. The molecule has 1 aromatic heterocycles. The Balaban J connectivity index is 2.10. The molecule has 0 N–H and O–H groups in total. The van der Waals surface area contributed by atoms with E-state index >= 15 is 0 Å². The van der Waals surface area contributed by atoms with Crippen molar-refractivity contribution in [2.24, 2.45) is 0 Å². The summed E-state index contributed by atoms with van der Waals surface area (Å²) in [4.78, 5) is 12.3. The SMILES string of the molecule is O=c1c2ccccc2ccn1Cc1ccccc1F. The van der Waals surface area contributed by atoms with Gasteiger partial charge in [0.2, 0.25) is 0 Å². The second-order valence-electron chi connectivity index (χ2n) is 4.43. The first kappa shape index (κ1) is 11.7. The fourth-order valence-corrected chi connectivity index (χ4v) is 2.16. The molecule has 3 aromatic rings. The number of pyridine rings is 1. The van der Waals surface area contributed by atoms with Crippen molar-refractivity contribution >= 4 is 10.8 Å². The van der Waals surface area contributed by atoms with Crippen LogP contribution in [0.4, 0.5) is 4.39 Å². The Morgan fingerprint density at radius 3 is 2.53 bits per heavy atom. The lowest BCUT2D eigenvalue weighted by molar-refractivity contribution is 0.597. The zero-order valence-electron chi connectivity index (χ0n) is 10.2. The molecular weight excluding hydrogens is 241 g/mol. The number of fused-ring (bicyclic) bond motifs is 1. The van der Waals surface area contributed by atoms with Crippen LogP contribution < -0.4 is 5.56 Å². The molecule has 2 nitrogen and oxygen atoms in total. The van der Waals surface area contributed by atoms with Crippen LogP contribution in [0.1, 0.15) is 5.56 Å². The van der Waals surface area contributed by atoms with E-state index < -0.39 is 0 Å². The summed E-state index contributed by atoms with van der Waals surface area (Å²) >= 11 is 0. The maximum atomic E-state index is 13.6. The Hall–Kier alpha value is -2.42. The minimum absolute atomic E-state index is 0.0960. The molecule has 0 amide bonds. The minimum Gasteiger partial charge on any atom is -0.310 e. The highest BCUT2D eigenvalue weighted by Gasteiger charge is 2.05. The standard InChI is InChI=1S/C16H12FNO/c17-15-8-4-2-6-13(15)11-18-10-9-12-5-1-3-7-14(12)16(18)19/h1-10H,11H2. The lowest BCUT2D eigenvalue weighted by atomic mass is 10.1. The van der Waals surface area contributed by atoms with Gasteiger partial charge in [-0.25, -0.2) is 4.39 Å². The van der Waals surface area contributed by atoms with E-state index in [1.54, 1.807) is 30.5 Å². The molecule has 94 valence electrons. The molecule has 0 saturated carbocycles. The molecule has 0 radical (unpaired) electrons. The fourth-order valence-electron chi connectivity index (χ4n) is 2.16. The Bertz CT molecular complexity index is 792. The van der Waals surface area contributed by atoms with E-state index in [1.807, 2.05) is 24.3 Å². The van der Waals surface area contributed by atoms with Gasteiger partial charge in [-0.05, 0) is 23.6 Å². The third-order valence-electron chi connectivity index (χ3n) is 3.18. The molecule has 3 heteroatoms. The molecule has 0 fully saturated rings. The number of hydrogen-bond donors (Lipinski definition) is 0. The van der Waals surface area contributed by atoms with Crippen LogP contribution in [0.5, 0.6) is 0 Å². The van der Waals surface area contributed by atoms with Gasteiger partial charge in [-0.1, -0.05) is 36.4 Å². The van der Waals surface area contributed by atoms with Crippen molar-refractivity contribution in [2.45, 2.75) is 6.54 Å². The third kappa shape index (κ3) is 2.15. The highest BCUT2D eigenvalue weighted by Crippen LogP contribution is 2.11. The van der Waals surface area contributed by atoms with Gasteiger partial charge in [0.25, 0.3) is 5.56 Å². The minimum atomic E-state index is -0.289. The Labute approximate surface area is 109 Å². The predicted octanol–water partition coefficient (Wildman–Crippen LogP) is 3.19. The molecule has 0 aliphatic heterocycles. The Kier molecular flexibility index (Phi) is 2.88. The van der Waals surface area contributed by atoms with E-state index in [0.717, 1.165) is 5.39 Å². The van der Waals surface area contributed by atoms with Gasteiger partial charge in [-0.15, -0.1) is 0 Å². The predicted molar refractivity (Wildman–Crippen MR) is 73.7 cm³/mol. The van der Waals surface area contributed by atoms with Crippen molar-refractivity contribution in [2.75, 3.05) is 0 Å². The van der Waals surface area contributed by atoms with Crippen molar-refractivity contribution in [1.29, 1.82) is 0 Å². The number of halogens is 1. The smallest absolute Gasteiger partial charge is 0.258 e. The van der Waals surface area contributed by atoms with Crippen LogP contribution in [0.2, 0.25) is 0 Å². The molecule has 3 rings (SSSR count). The van der Waals surface area contributed by atoms with Crippen LogP contribution in [-0.4, -0.2) is 4.57 Å². The maximum Gasteiger partial charge on any atom is 0.258 e. The zero-order chi connectivity index (χ0) is 13.2. The van der Waals surface area contributed by atoms with Crippen molar-refractivity contribution in [3.63, 3.8) is 0 Å². The summed E-state index contributed by atoms with van der Waals surface area (Å²) in [6.07, 6.45) is 1.71. The van der Waals surface area contributed by atoms with Crippen molar-refractivity contribution < 1.29 is 4.39 Å². The van der Waals surface area contributed by atoms with E-state index in [9.17, 15) is 9.18 Å². The molecule has 19 heavy (non-hydrogen) atoms. The van der Waals surface area contributed by atoms with Crippen molar-refractivity contribution in [3.05, 3.63) is 82.5 Å². The number of aromatic nitrogens is 1. The number of hydrogen-bond acceptors (Lipinski definition) is 1. The summed E-state index contributed by atoms with van der Waals surface area (Å²) in [7, 11) is 0. The summed E-state index contributed by atoms with van der Waals surface area (Å²) in [5.41, 5.74) is 0.418. The normalized spacial score (nSPS) is 10.8. The molecule has 0 bridgehead atoms. The first-order valence-electron chi connectivity index (χ1n) is 6.07. The summed E-state index contributed by atoms with van der Waals surface area (Å²) in [5, 5.41) is 1.55. The molecule has 0 atom stereocenters. The van der Waals surface area contributed by atoms with Gasteiger partial charge in [-0.3, -0.25) is 4.79 Å². The van der Waals surface area contributed by atoms with Crippen LogP contribution in [0.3, 0.4) is 0 Å². The zero-order valence-corrected chi connectivity index (χ0v) is 10.2. The largest absolute Gasteiger partial charge is 0.310 e. The Morgan fingerprint density at radius 1 is 0.947 bits per heavy atom. The molecule has 2 aromatic carbocycles. The number of benzene rings is 2. The number of rotatable bonds is 2. The van der Waals surface area contributed by atoms with Crippen LogP contribution in [-0.2, 0) is 6.54 Å². The van der Waals surface area contributed by atoms with Crippen LogP contribution in [0.15, 0.2) is 65.6 Å². The average molecular weight is 253 g/mol. The maximum absolute atomic E-state index is 13.6. The summed E-state index contributed by atoms with van der Waals surface area (Å²) in [6.45, 7) is 0.246. The first-order valence-corrected chi connectivity index (χ1v) is 6.07. The van der Waals surface area contributed by atoms with Crippen LogP contribution in [0, 0.1) is 5.82 Å². The van der Waals surface area contributed by atoms with E-state index in [0.29, 0.717) is 10.9 Å². The molecule has 0 aliphatic rings. The van der Waals surface area contributed by atoms with Gasteiger partial charge in [-0.2, -0.15) is 0 Å². The topological polar surface area (TPSA) is 22.0 Å². The Morgan fingerprint density at radius 2 is 1.68 bits per heavy atom. The van der Waals surface area contributed by atoms with Crippen LogP contribution in [0.25, 0.3) is 10.8 Å².